The molecule has 0 radical (unpaired) electrons. The van der Waals surface area contributed by atoms with E-state index in [1.165, 1.54) is 18.2 Å². The Kier molecular flexibility index (Phi) is 5.79. The summed E-state index contributed by atoms with van der Waals surface area (Å²) >= 11 is 4.34. The third-order valence-electron chi connectivity index (χ3n) is 3.43. The first kappa shape index (κ1) is 18.3. The summed E-state index contributed by atoms with van der Waals surface area (Å²) in [4.78, 5) is 22.7. The van der Waals surface area contributed by atoms with Crippen LogP contribution in [0.15, 0.2) is 62.6 Å². The Morgan fingerprint density at radius 3 is 2.69 bits per heavy atom. The molecule has 0 saturated carbocycles. The van der Waals surface area contributed by atoms with E-state index in [1.807, 2.05) is 30.3 Å². The molecule has 1 aromatic heterocycles. The molecular formula is C17H12BrN3O4S. The van der Waals surface area contributed by atoms with Gasteiger partial charge in [0.2, 0.25) is 5.89 Å². The van der Waals surface area contributed by atoms with Crippen LogP contribution in [0.2, 0.25) is 0 Å². The van der Waals surface area contributed by atoms with E-state index in [-0.39, 0.29) is 28.0 Å². The van der Waals surface area contributed by atoms with Crippen molar-refractivity contribution in [3.05, 3.63) is 80.1 Å². The maximum absolute atomic E-state index is 12.3. The largest absolute Gasteiger partial charge is 0.416 e. The lowest BCUT2D eigenvalue weighted by molar-refractivity contribution is -0.384. The molecule has 0 aliphatic rings. The van der Waals surface area contributed by atoms with Crippen molar-refractivity contribution in [2.75, 3.05) is 5.75 Å². The predicted molar refractivity (Wildman–Crippen MR) is 99.4 cm³/mol. The highest BCUT2D eigenvalue weighted by molar-refractivity contribution is 9.10. The molecule has 1 heterocycles. The van der Waals surface area contributed by atoms with Gasteiger partial charge >= 0.3 is 0 Å². The number of thioether (sulfide) groups is 1. The van der Waals surface area contributed by atoms with Crippen LogP contribution in [0, 0.1) is 10.1 Å². The van der Waals surface area contributed by atoms with Gasteiger partial charge in [0.05, 0.1) is 17.1 Å². The average Bonchev–Trinajstić information content (AvgIpc) is 3.08. The molecule has 132 valence electrons. The van der Waals surface area contributed by atoms with E-state index in [1.54, 1.807) is 0 Å². The van der Waals surface area contributed by atoms with Gasteiger partial charge < -0.3 is 4.42 Å². The van der Waals surface area contributed by atoms with Gasteiger partial charge in [0.15, 0.2) is 5.78 Å². The van der Waals surface area contributed by atoms with Gasteiger partial charge in [0, 0.05) is 22.2 Å². The number of nitro benzene ring substituents is 1. The van der Waals surface area contributed by atoms with Crippen LogP contribution in [0.4, 0.5) is 5.69 Å². The zero-order valence-corrected chi connectivity index (χ0v) is 15.7. The molecule has 0 saturated heterocycles. The summed E-state index contributed by atoms with van der Waals surface area (Å²) in [6.07, 6.45) is 0.513. The highest BCUT2D eigenvalue weighted by Crippen LogP contribution is 2.25. The van der Waals surface area contributed by atoms with Crippen LogP contribution < -0.4 is 0 Å². The zero-order chi connectivity index (χ0) is 18.5. The van der Waals surface area contributed by atoms with Gasteiger partial charge in [0.25, 0.3) is 10.9 Å². The van der Waals surface area contributed by atoms with E-state index in [9.17, 15) is 14.9 Å². The van der Waals surface area contributed by atoms with Crippen molar-refractivity contribution in [1.82, 2.24) is 10.2 Å². The number of rotatable bonds is 7. The van der Waals surface area contributed by atoms with Gasteiger partial charge in [-0.15, -0.1) is 10.2 Å². The summed E-state index contributed by atoms with van der Waals surface area (Å²) in [6.45, 7) is 0. The van der Waals surface area contributed by atoms with Gasteiger partial charge in [-0.1, -0.05) is 58.0 Å². The van der Waals surface area contributed by atoms with Crippen molar-refractivity contribution in [3.63, 3.8) is 0 Å². The number of carbonyl (C=O) groups is 1. The molecule has 7 nitrogen and oxygen atoms in total. The third kappa shape index (κ3) is 4.55. The van der Waals surface area contributed by atoms with E-state index in [4.69, 9.17) is 4.42 Å². The predicted octanol–water partition coefficient (Wildman–Crippen LogP) is 4.31. The number of non-ortho nitro benzene ring substituents is 1. The first-order valence-corrected chi connectivity index (χ1v) is 9.27. The minimum atomic E-state index is -0.537. The number of Topliss-reactive ketones (excluding diaryl/α,β-unsaturated/α-hetero) is 1. The van der Waals surface area contributed by atoms with Crippen LogP contribution in [-0.2, 0) is 6.42 Å². The standard InChI is InChI=1S/C17H12BrN3O4S/c18-14-7-6-12(21(23)24)9-13(14)15(22)10-26-17-20-19-16(25-17)8-11-4-2-1-3-5-11/h1-7,9H,8,10H2. The van der Waals surface area contributed by atoms with Crippen molar-refractivity contribution < 1.29 is 14.1 Å². The van der Waals surface area contributed by atoms with E-state index in [2.05, 4.69) is 26.1 Å². The molecule has 3 rings (SSSR count). The van der Waals surface area contributed by atoms with E-state index in [0.29, 0.717) is 16.8 Å². The number of aromatic nitrogens is 2. The first-order valence-electron chi connectivity index (χ1n) is 7.49. The molecule has 0 N–H and O–H groups in total. The van der Waals surface area contributed by atoms with Gasteiger partial charge in [-0.2, -0.15) is 0 Å². The number of nitro groups is 1. The van der Waals surface area contributed by atoms with Gasteiger partial charge in [-0.05, 0) is 11.6 Å². The highest BCUT2D eigenvalue weighted by atomic mass is 79.9. The molecule has 0 aliphatic carbocycles. The Hall–Kier alpha value is -2.52. The van der Waals surface area contributed by atoms with Crippen LogP contribution >= 0.6 is 27.7 Å². The number of hydrogen-bond acceptors (Lipinski definition) is 7. The molecule has 0 atom stereocenters. The normalized spacial score (nSPS) is 10.7. The van der Waals surface area contributed by atoms with Gasteiger partial charge in [-0.3, -0.25) is 14.9 Å². The molecule has 26 heavy (non-hydrogen) atoms. The molecule has 9 heteroatoms. The molecule has 0 spiro atoms. The fourth-order valence-electron chi connectivity index (χ4n) is 2.18. The second kappa shape index (κ2) is 8.24. The summed E-state index contributed by atoms with van der Waals surface area (Å²) < 4.78 is 6.04. The van der Waals surface area contributed by atoms with Crippen molar-refractivity contribution in [2.45, 2.75) is 11.6 Å². The molecule has 0 unspecified atom stereocenters. The Morgan fingerprint density at radius 1 is 1.19 bits per heavy atom. The van der Waals surface area contributed by atoms with Crippen LogP contribution in [0.3, 0.4) is 0 Å². The minimum Gasteiger partial charge on any atom is -0.416 e. The van der Waals surface area contributed by atoms with Crippen LogP contribution in [0.25, 0.3) is 0 Å². The fraction of sp³-hybridized carbons (Fsp3) is 0.118. The summed E-state index contributed by atoms with van der Waals surface area (Å²) in [5.74, 6) is 0.225. The lowest BCUT2D eigenvalue weighted by atomic mass is 10.1. The maximum atomic E-state index is 12.3. The zero-order valence-electron chi connectivity index (χ0n) is 13.3. The second-order valence-corrected chi connectivity index (χ2v) is 7.04. The molecule has 0 bridgehead atoms. The van der Waals surface area contributed by atoms with Crippen molar-refractivity contribution in [3.8, 4) is 0 Å². The number of carbonyl (C=O) groups excluding carboxylic acids is 1. The summed E-state index contributed by atoms with van der Waals surface area (Å²) in [5, 5.41) is 19.0. The summed E-state index contributed by atoms with van der Waals surface area (Å²) in [5.41, 5.74) is 1.16. The fourth-order valence-corrected chi connectivity index (χ4v) is 3.32. The molecule has 0 amide bonds. The molecule has 0 fully saturated rings. The van der Waals surface area contributed by atoms with E-state index in [0.717, 1.165) is 17.3 Å². The first-order chi connectivity index (χ1) is 12.5. The molecule has 0 aliphatic heterocycles. The average molecular weight is 434 g/mol. The Labute approximate surface area is 161 Å². The Bertz CT molecular complexity index is 946. The number of halogens is 1. The van der Waals surface area contributed by atoms with Gasteiger partial charge in [0.1, 0.15) is 0 Å². The topological polar surface area (TPSA) is 99.1 Å². The van der Waals surface area contributed by atoms with Crippen molar-refractivity contribution in [2.24, 2.45) is 0 Å². The molecular weight excluding hydrogens is 422 g/mol. The second-order valence-electron chi connectivity index (χ2n) is 5.26. The summed E-state index contributed by atoms with van der Waals surface area (Å²) in [7, 11) is 0. The quantitative estimate of drug-likeness (QED) is 0.237. The van der Waals surface area contributed by atoms with Crippen LogP contribution in [-0.4, -0.2) is 26.7 Å². The molecule has 3 aromatic rings. The maximum Gasteiger partial charge on any atom is 0.277 e. The summed E-state index contributed by atoms with van der Waals surface area (Å²) in [6, 6.07) is 13.8. The smallest absolute Gasteiger partial charge is 0.277 e. The number of nitrogens with zero attached hydrogens (tertiary/aromatic N) is 3. The van der Waals surface area contributed by atoms with Gasteiger partial charge in [-0.25, -0.2) is 0 Å². The number of benzene rings is 2. The lowest BCUT2D eigenvalue weighted by Crippen LogP contribution is -2.04. The third-order valence-corrected chi connectivity index (χ3v) is 4.94. The SMILES string of the molecule is O=C(CSc1nnc(Cc2ccccc2)o1)c1cc([N+](=O)[O-])ccc1Br. The number of hydrogen-bond donors (Lipinski definition) is 0. The Balaban J connectivity index is 1.63. The van der Waals surface area contributed by atoms with E-state index >= 15 is 0 Å². The Morgan fingerprint density at radius 2 is 1.96 bits per heavy atom. The molecule has 2 aromatic carbocycles. The van der Waals surface area contributed by atoms with Crippen molar-refractivity contribution >= 4 is 39.2 Å². The van der Waals surface area contributed by atoms with Crippen molar-refractivity contribution in [1.29, 1.82) is 0 Å². The minimum absolute atomic E-state index is 0.0345. The van der Waals surface area contributed by atoms with Crippen LogP contribution in [0.1, 0.15) is 21.8 Å². The van der Waals surface area contributed by atoms with E-state index < -0.39 is 4.92 Å². The monoisotopic (exact) mass is 433 g/mol. The number of ketones is 1. The lowest BCUT2D eigenvalue weighted by Gasteiger charge is -2.02. The van der Waals surface area contributed by atoms with Crippen LogP contribution in [0.5, 0.6) is 0 Å². The highest BCUT2D eigenvalue weighted by Gasteiger charge is 2.17.